The van der Waals surface area contributed by atoms with Crippen LogP contribution in [0.5, 0.6) is 5.75 Å². The number of nitrogens with one attached hydrogen (secondary N) is 1. The number of hydrogen-bond donors (Lipinski definition) is 1. The van der Waals surface area contributed by atoms with Gasteiger partial charge in [0.25, 0.3) is 5.91 Å². The molecular weight excluding hydrogens is 400 g/mol. The highest BCUT2D eigenvalue weighted by Crippen LogP contribution is 2.23. The molecule has 2 aromatic rings. The van der Waals surface area contributed by atoms with Gasteiger partial charge < -0.3 is 9.64 Å². The fourth-order valence-corrected chi connectivity index (χ4v) is 4.16. The van der Waals surface area contributed by atoms with Gasteiger partial charge in [-0.15, -0.1) is 0 Å². The van der Waals surface area contributed by atoms with Crippen LogP contribution in [0.15, 0.2) is 47.4 Å². The first-order valence-electron chi connectivity index (χ1n) is 9.03. The van der Waals surface area contributed by atoms with Crippen LogP contribution in [0, 0.1) is 6.92 Å². The number of rotatable bonds is 8. The van der Waals surface area contributed by atoms with Crippen molar-refractivity contribution in [3.63, 3.8) is 0 Å². The van der Waals surface area contributed by atoms with E-state index in [1.165, 1.54) is 17.0 Å². The average molecular weight is 423 g/mol. The summed E-state index contributed by atoms with van der Waals surface area (Å²) in [6.07, 6.45) is 1.71. The second kappa shape index (κ2) is 8.51. The topological polar surface area (TPSA) is 75.7 Å². The summed E-state index contributed by atoms with van der Waals surface area (Å²) in [6, 6.07) is 11.7. The van der Waals surface area contributed by atoms with Crippen LogP contribution in [0.25, 0.3) is 0 Å². The Balaban J connectivity index is 1.66. The number of hydrogen-bond acceptors (Lipinski definition) is 4. The van der Waals surface area contributed by atoms with Gasteiger partial charge in [0.15, 0.2) is 0 Å². The summed E-state index contributed by atoms with van der Waals surface area (Å²) in [6.45, 7) is 2.43. The van der Waals surface area contributed by atoms with Gasteiger partial charge in [-0.3, -0.25) is 4.79 Å². The molecular formula is C20H23ClN2O4S. The fraction of sp³-hybridized carbons (Fsp3) is 0.350. The zero-order chi connectivity index (χ0) is 20.3. The van der Waals surface area contributed by atoms with Crippen LogP contribution in [0.3, 0.4) is 0 Å². The Labute approximate surface area is 170 Å². The number of ether oxygens (including phenoxy) is 1. The second-order valence-electron chi connectivity index (χ2n) is 6.90. The molecule has 3 rings (SSSR count). The van der Waals surface area contributed by atoms with E-state index in [9.17, 15) is 13.2 Å². The Hall–Kier alpha value is -2.09. The number of amides is 1. The molecule has 1 amide bonds. The Kier molecular flexibility index (Phi) is 6.27. The van der Waals surface area contributed by atoms with Crippen molar-refractivity contribution >= 4 is 27.5 Å². The minimum Gasteiger partial charge on any atom is -0.492 e. The maximum atomic E-state index is 12.8. The first-order valence-corrected chi connectivity index (χ1v) is 10.9. The third-order valence-corrected chi connectivity index (χ3v) is 6.24. The standard InChI is InChI=1S/C20H23ClN2O4S/c1-14-6-9-18(28(25,26)22-16-7-8-16)13-19(14)20(24)23(2)10-11-27-17-5-3-4-15(21)12-17/h3-6,9,12-13,16,22H,7-8,10-11H2,1-2H3. The first-order chi connectivity index (χ1) is 13.3. The van der Waals surface area contributed by atoms with E-state index in [-0.39, 0.29) is 16.8 Å². The lowest BCUT2D eigenvalue weighted by molar-refractivity contribution is 0.0773. The van der Waals surface area contributed by atoms with E-state index in [0.29, 0.717) is 29.5 Å². The number of likely N-dealkylation sites (N-methyl/N-ethyl adjacent to an activating group) is 1. The highest BCUT2D eigenvalue weighted by Gasteiger charge is 2.28. The smallest absolute Gasteiger partial charge is 0.254 e. The summed E-state index contributed by atoms with van der Waals surface area (Å²) in [5, 5.41) is 0.579. The number of nitrogens with zero attached hydrogens (tertiary/aromatic N) is 1. The van der Waals surface area contributed by atoms with Gasteiger partial charge in [-0.2, -0.15) is 0 Å². The Morgan fingerprint density at radius 2 is 2.00 bits per heavy atom. The molecule has 0 aliphatic heterocycles. The molecule has 0 heterocycles. The Morgan fingerprint density at radius 3 is 2.68 bits per heavy atom. The van der Waals surface area contributed by atoms with E-state index in [0.717, 1.165) is 18.4 Å². The van der Waals surface area contributed by atoms with Crippen molar-refractivity contribution in [2.75, 3.05) is 20.2 Å². The van der Waals surface area contributed by atoms with E-state index in [1.54, 1.807) is 44.3 Å². The molecule has 1 aliphatic rings. The molecule has 8 heteroatoms. The van der Waals surface area contributed by atoms with E-state index in [2.05, 4.69) is 4.72 Å². The quantitative estimate of drug-likeness (QED) is 0.708. The molecule has 0 atom stereocenters. The van der Waals surface area contributed by atoms with E-state index in [1.807, 2.05) is 0 Å². The van der Waals surface area contributed by atoms with Gasteiger partial charge in [0.05, 0.1) is 11.4 Å². The van der Waals surface area contributed by atoms with Crippen LogP contribution < -0.4 is 9.46 Å². The number of aryl methyl sites for hydroxylation is 1. The van der Waals surface area contributed by atoms with Gasteiger partial charge in [0.1, 0.15) is 12.4 Å². The molecule has 0 radical (unpaired) electrons. The van der Waals surface area contributed by atoms with Crippen molar-refractivity contribution in [2.24, 2.45) is 0 Å². The van der Waals surface area contributed by atoms with Crippen LogP contribution in [-0.2, 0) is 10.0 Å². The summed E-state index contributed by atoms with van der Waals surface area (Å²) >= 11 is 5.92. The number of carbonyl (C=O) groups is 1. The largest absolute Gasteiger partial charge is 0.492 e. The van der Waals surface area contributed by atoms with Crippen LogP contribution in [0.1, 0.15) is 28.8 Å². The summed E-state index contributed by atoms with van der Waals surface area (Å²) in [5.74, 6) is 0.374. The third-order valence-electron chi connectivity index (χ3n) is 4.49. The molecule has 6 nitrogen and oxygen atoms in total. The molecule has 0 saturated heterocycles. The number of sulfonamides is 1. The predicted octanol–water partition coefficient (Wildman–Crippen LogP) is 3.24. The number of carbonyl (C=O) groups excluding carboxylic acids is 1. The van der Waals surface area contributed by atoms with Crippen molar-refractivity contribution in [1.29, 1.82) is 0 Å². The summed E-state index contributed by atoms with van der Waals surface area (Å²) in [4.78, 5) is 14.4. The molecule has 150 valence electrons. The fourth-order valence-electron chi connectivity index (χ4n) is 2.65. The van der Waals surface area contributed by atoms with E-state index in [4.69, 9.17) is 16.3 Å². The lowest BCUT2D eigenvalue weighted by Gasteiger charge is -2.19. The lowest BCUT2D eigenvalue weighted by Crippen LogP contribution is -2.32. The second-order valence-corrected chi connectivity index (χ2v) is 9.06. The third kappa shape index (κ3) is 5.25. The van der Waals surface area contributed by atoms with Crippen molar-refractivity contribution in [3.05, 3.63) is 58.6 Å². The zero-order valence-electron chi connectivity index (χ0n) is 15.8. The molecule has 1 fully saturated rings. The Morgan fingerprint density at radius 1 is 1.25 bits per heavy atom. The minimum absolute atomic E-state index is 0.0109. The summed E-state index contributed by atoms with van der Waals surface area (Å²) < 4.78 is 33.1. The molecule has 1 aliphatic carbocycles. The highest BCUT2D eigenvalue weighted by molar-refractivity contribution is 7.89. The van der Waals surface area contributed by atoms with E-state index >= 15 is 0 Å². The SMILES string of the molecule is Cc1ccc(S(=O)(=O)NC2CC2)cc1C(=O)N(C)CCOc1cccc(Cl)c1. The van der Waals surface area contributed by atoms with Gasteiger partial charge in [-0.05, 0) is 55.7 Å². The lowest BCUT2D eigenvalue weighted by atomic mass is 10.1. The first kappa shape index (κ1) is 20.6. The molecule has 1 N–H and O–H groups in total. The monoisotopic (exact) mass is 422 g/mol. The molecule has 1 saturated carbocycles. The predicted molar refractivity (Wildman–Crippen MR) is 108 cm³/mol. The molecule has 28 heavy (non-hydrogen) atoms. The van der Waals surface area contributed by atoms with Gasteiger partial charge in [0, 0.05) is 23.7 Å². The highest BCUT2D eigenvalue weighted by atomic mass is 35.5. The molecule has 0 aromatic heterocycles. The van der Waals surface area contributed by atoms with Gasteiger partial charge in [-0.1, -0.05) is 23.7 Å². The van der Waals surface area contributed by atoms with Crippen molar-refractivity contribution < 1.29 is 17.9 Å². The molecule has 0 bridgehead atoms. The van der Waals surface area contributed by atoms with Gasteiger partial charge >= 0.3 is 0 Å². The van der Waals surface area contributed by atoms with Crippen molar-refractivity contribution in [1.82, 2.24) is 9.62 Å². The summed E-state index contributed by atoms with van der Waals surface area (Å²) in [5.41, 5.74) is 1.09. The van der Waals surface area contributed by atoms with Crippen LogP contribution in [0.4, 0.5) is 0 Å². The van der Waals surface area contributed by atoms with E-state index < -0.39 is 10.0 Å². The molecule has 0 spiro atoms. The van der Waals surface area contributed by atoms with Crippen LogP contribution in [-0.4, -0.2) is 45.5 Å². The normalized spacial score (nSPS) is 14.0. The maximum Gasteiger partial charge on any atom is 0.254 e. The molecule has 2 aromatic carbocycles. The zero-order valence-corrected chi connectivity index (χ0v) is 17.4. The van der Waals surface area contributed by atoms with Crippen LogP contribution in [0.2, 0.25) is 5.02 Å². The average Bonchev–Trinajstić information content (AvgIpc) is 3.44. The summed E-state index contributed by atoms with van der Waals surface area (Å²) in [7, 11) is -1.95. The molecule has 0 unspecified atom stereocenters. The van der Waals surface area contributed by atoms with Gasteiger partial charge in [-0.25, -0.2) is 13.1 Å². The number of halogens is 1. The maximum absolute atomic E-state index is 12.8. The van der Waals surface area contributed by atoms with Crippen LogP contribution >= 0.6 is 11.6 Å². The minimum atomic E-state index is -3.61. The number of benzene rings is 2. The van der Waals surface area contributed by atoms with Crippen molar-refractivity contribution in [3.8, 4) is 5.75 Å². The Bertz CT molecular complexity index is 974. The van der Waals surface area contributed by atoms with Gasteiger partial charge in [0.2, 0.25) is 10.0 Å². The van der Waals surface area contributed by atoms with Crippen molar-refractivity contribution in [2.45, 2.75) is 30.7 Å².